The van der Waals surface area contributed by atoms with Gasteiger partial charge in [-0.15, -0.1) is 0 Å². The molecule has 0 bridgehead atoms. The van der Waals surface area contributed by atoms with Crippen LogP contribution in [-0.2, 0) is 4.79 Å². The van der Waals surface area contributed by atoms with E-state index in [0.29, 0.717) is 12.1 Å². The average Bonchev–Trinajstić information content (AvgIpc) is 3.05. The molecule has 2 fully saturated rings. The van der Waals surface area contributed by atoms with Crippen LogP contribution in [0, 0.1) is 0 Å². The maximum Gasteiger partial charge on any atom is 0.323 e. The Morgan fingerprint density at radius 3 is 2.81 bits per heavy atom. The number of carbonyl (C=O) groups is 1. The highest BCUT2D eigenvalue weighted by Gasteiger charge is 2.46. The summed E-state index contributed by atoms with van der Waals surface area (Å²) in [6.07, 6.45) is 5.99. The van der Waals surface area contributed by atoms with Gasteiger partial charge in [-0.05, 0) is 65.7 Å². The zero-order valence-corrected chi connectivity index (χ0v) is 13.8. The van der Waals surface area contributed by atoms with Gasteiger partial charge in [0.25, 0.3) is 0 Å². The Balaban J connectivity index is 1.91. The van der Waals surface area contributed by atoms with Crippen LogP contribution in [0.25, 0.3) is 0 Å². The summed E-state index contributed by atoms with van der Waals surface area (Å²) in [7, 11) is 4.36. The highest BCUT2D eigenvalue weighted by Crippen LogP contribution is 2.33. The fourth-order valence-electron chi connectivity index (χ4n) is 3.88. The molecule has 0 aromatic carbocycles. The second kappa shape index (κ2) is 7.07. The third-order valence-corrected chi connectivity index (χ3v) is 5.40. The number of rotatable bonds is 7. The number of likely N-dealkylation sites (N-methyl/N-ethyl adjacent to an activating group) is 2. The van der Waals surface area contributed by atoms with Crippen molar-refractivity contribution in [3.8, 4) is 0 Å². The van der Waals surface area contributed by atoms with E-state index >= 15 is 0 Å². The number of hydrogen-bond donors (Lipinski definition) is 2. The van der Waals surface area contributed by atoms with Crippen molar-refractivity contribution in [2.24, 2.45) is 0 Å². The molecular weight excluding hydrogens is 266 g/mol. The molecule has 2 aliphatic rings. The molecule has 21 heavy (non-hydrogen) atoms. The van der Waals surface area contributed by atoms with Crippen LogP contribution in [0.4, 0.5) is 0 Å². The van der Waals surface area contributed by atoms with Crippen LogP contribution >= 0.6 is 0 Å². The van der Waals surface area contributed by atoms with Gasteiger partial charge in [0.1, 0.15) is 5.54 Å². The molecule has 1 saturated heterocycles. The van der Waals surface area contributed by atoms with Crippen molar-refractivity contribution < 1.29 is 9.90 Å². The summed E-state index contributed by atoms with van der Waals surface area (Å²) in [6.45, 7) is 5.12. The molecule has 0 aromatic heterocycles. The predicted molar refractivity (Wildman–Crippen MR) is 84.6 cm³/mol. The molecule has 0 spiro atoms. The van der Waals surface area contributed by atoms with Gasteiger partial charge in [0.05, 0.1) is 0 Å². The summed E-state index contributed by atoms with van der Waals surface area (Å²) in [5.41, 5.74) is -0.698. The van der Waals surface area contributed by atoms with E-state index in [1.165, 1.54) is 19.4 Å². The number of hydrogen-bond acceptors (Lipinski definition) is 4. The molecule has 1 aliphatic carbocycles. The van der Waals surface area contributed by atoms with Crippen LogP contribution in [0.2, 0.25) is 0 Å². The van der Waals surface area contributed by atoms with E-state index < -0.39 is 11.5 Å². The number of nitrogens with zero attached hydrogens (tertiary/aromatic N) is 2. The maximum absolute atomic E-state index is 11.7. The molecule has 1 saturated carbocycles. The van der Waals surface area contributed by atoms with E-state index in [1.54, 1.807) is 0 Å². The lowest BCUT2D eigenvalue weighted by Crippen LogP contribution is -2.51. The van der Waals surface area contributed by atoms with Crippen LogP contribution in [0.5, 0.6) is 0 Å². The quantitative estimate of drug-likeness (QED) is 0.744. The van der Waals surface area contributed by atoms with Crippen molar-refractivity contribution in [1.29, 1.82) is 0 Å². The first-order valence-corrected chi connectivity index (χ1v) is 8.37. The summed E-state index contributed by atoms with van der Waals surface area (Å²) < 4.78 is 0. The highest BCUT2D eigenvalue weighted by atomic mass is 16.4. The maximum atomic E-state index is 11.7. The summed E-state index contributed by atoms with van der Waals surface area (Å²) in [6, 6.07) is 1.03. The van der Waals surface area contributed by atoms with Crippen LogP contribution in [0.15, 0.2) is 0 Å². The van der Waals surface area contributed by atoms with Gasteiger partial charge in [0.2, 0.25) is 0 Å². The second-order valence-corrected chi connectivity index (χ2v) is 6.93. The first kappa shape index (κ1) is 16.7. The molecule has 1 aliphatic heterocycles. The molecular formula is C16H31N3O2. The van der Waals surface area contributed by atoms with Gasteiger partial charge >= 0.3 is 5.97 Å². The number of aliphatic carboxylic acids is 1. The summed E-state index contributed by atoms with van der Waals surface area (Å²) in [4.78, 5) is 16.5. The Morgan fingerprint density at radius 2 is 2.24 bits per heavy atom. The fourth-order valence-corrected chi connectivity index (χ4v) is 3.88. The normalized spacial score (nSPS) is 33.9. The average molecular weight is 297 g/mol. The lowest BCUT2D eigenvalue weighted by Gasteiger charge is -2.32. The largest absolute Gasteiger partial charge is 0.480 e. The van der Waals surface area contributed by atoms with Gasteiger partial charge in [-0.1, -0.05) is 6.92 Å². The number of likely N-dealkylation sites (tertiary alicyclic amines) is 1. The van der Waals surface area contributed by atoms with Crippen molar-refractivity contribution in [1.82, 2.24) is 15.1 Å². The predicted octanol–water partition coefficient (Wildman–Crippen LogP) is 1.39. The molecule has 1 heterocycles. The Hall–Kier alpha value is -0.650. The fraction of sp³-hybridized carbons (Fsp3) is 0.938. The lowest BCUT2D eigenvalue weighted by atomic mass is 9.97. The van der Waals surface area contributed by atoms with E-state index in [2.05, 4.69) is 36.1 Å². The molecule has 122 valence electrons. The zero-order valence-electron chi connectivity index (χ0n) is 13.8. The third-order valence-electron chi connectivity index (χ3n) is 5.40. The van der Waals surface area contributed by atoms with Gasteiger partial charge in [-0.3, -0.25) is 4.79 Å². The minimum Gasteiger partial charge on any atom is -0.480 e. The summed E-state index contributed by atoms with van der Waals surface area (Å²) >= 11 is 0. The Labute approximate surface area is 128 Å². The third kappa shape index (κ3) is 3.76. The molecule has 0 aromatic rings. The first-order valence-electron chi connectivity index (χ1n) is 8.37. The highest BCUT2D eigenvalue weighted by molar-refractivity contribution is 5.79. The van der Waals surface area contributed by atoms with Crippen LogP contribution in [0.1, 0.15) is 45.4 Å². The first-order chi connectivity index (χ1) is 9.98. The zero-order chi connectivity index (χ0) is 15.5. The number of nitrogens with one attached hydrogen (secondary N) is 1. The molecule has 2 N–H and O–H groups in total. The number of carboxylic acid groups (broad SMARTS) is 1. The molecule has 3 atom stereocenters. The molecule has 3 unspecified atom stereocenters. The van der Waals surface area contributed by atoms with Crippen LogP contribution < -0.4 is 5.32 Å². The second-order valence-electron chi connectivity index (χ2n) is 6.93. The molecule has 5 nitrogen and oxygen atoms in total. The lowest BCUT2D eigenvalue weighted by molar-refractivity contribution is -0.144. The Bertz CT molecular complexity index is 363. The molecule has 0 amide bonds. The van der Waals surface area contributed by atoms with Gasteiger partial charge in [0.15, 0.2) is 0 Å². The van der Waals surface area contributed by atoms with E-state index in [0.717, 1.165) is 38.8 Å². The standard InChI is InChI=1S/C16H31N3O2/c1-4-9-17-16(15(20)21)8-7-13(11-16)19(3)12-14-6-5-10-18(14)2/h13-14,17H,4-12H2,1-3H3,(H,20,21). The minimum absolute atomic E-state index is 0.388. The van der Waals surface area contributed by atoms with E-state index in [-0.39, 0.29) is 0 Å². The molecule has 5 heteroatoms. The van der Waals surface area contributed by atoms with E-state index in [1.807, 2.05) is 0 Å². The van der Waals surface area contributed by atoms with E-state index in [4.69, 9.17) is 0 Å². The smallest absolute Gasteiger partial charge is 0.323 e. The minimum atomic E-state index is -0.698. The van der Waals surface area contributed by atoms with Gasteiger partial charge in [0, 0.05) is 18.6 Å². The van der Waals surface area contributed by atoms with Gasteiger partial charge < -0.3 is 20.2 Å². The van der Waals surface area contributed by atoms with Crippen molar-refractivity contribution in [3.63, 3.8) is 0 Å². The van der Waals surface area contributed by atoms with E-state index in [9.17, 15) is 9.90 Å². The monoisotopic (exact) mass is 297 g/mol. The van der Waals surface area contributed by atoms with Gasteiger partial charge in [-0.2, -0.15) is 0 Å². The van der Waals surface area contributed by atoms with Crippen molar-refractivity contribution in [2.45, 2.75) is 63.1 Å². The molecule has 2 rings (SSSR count). The van der Waals surface area contributed by atoms with Gasteiger partial charge in [-0.25, -0.2) is 0 Å². The Morgan fingerprint density at radius 1 is 1.48 bits per heavy atom. The van der Waals surface area contributed by atoms with Crippen molar-refractivity contribution in [2.75, 3.05) is 33.7 Å². The Kier molecular flexibility index (Phi) is 5.63. The van der Waals surface area contributed by atoms with Crippen molar-refractivity contribution in [3.05, 3.63) is 0 Å². The SMILES string of the molecule is CCCNC1(C(=O)O)CCC(N(C)CC2CCCN2C)C1. The summed E-state index contributed by atoms with van der Waals surface area (Å²) in [5.74, 6) is -0.676. The topological polar surface area (TPSA) is 55.8 Å². The number of carboxylic acids is 1. The van der Waals surface area contributed by atoms with Crippen LogP contribution in [-0.4, -0.2) is 72.2 Å². The summed E-state index contributed by atoms with van der Waals surface area (Å²) in [5, 5.41) is 12.9. The van der Waals surface area contributed by atoms with Crippen molar-refractivity contribution >= 4 is 5.97 Å². The van der Waals surface area contributed by atoms with Crippen LogP contribution in [0.3, 0.4) is 0 Å². The molecule has 0 radical (unpaired) electrons.